The lowest BCUT2D eigenvalue weighted by molar-refractivity contribution is -0.136. The predicted octanol–water partition coefficient (Wildman–Crippen LogP) is 1.66. The third-order valence-corrected chi connectivity index (χ3v) is 1.95. The van der Waals surface area contributed by atoms with E-state index in [2.05, 4.69) is 5.32 Å². The van der Waals surface area contributed by atoms with Gasteiger partial charge in [-0.25, -0.2) is 0 Å². The number of carbonyl (C=O) groups is 2. The number of carbonyl (C=O) groups excluding carboxylic acids is 1. The Balaban J connectivity index is 2.85. The average molecular weight is 207 g/mol. The molecule has 0 fully saturated rings. The van der Waals surface area contributed by atoms with Crippen LogP contribution >= 0.6 is 0 Å². The minimum absolute atomic E-state index is 0.0832. The van der Waals surface area contributed by atoms with Crippen molar-refractivity contribution in [3.05, 3.63) is 29.8 Å². The lowest BCUT2D eigenvalue weighted by Gasteiger charge is -2.08. The van der Waals surface area contributed by atoms with Crippen LogP contribution in [0.15, 0.2) is 24.3 Å². The van der Waals surface area contributed by atoms with Crippen molar-refractivity contribution in [3.8, 4) is 0 Å². The number of aliphatic carboxylic acids is 1. The molecule has 15 heavy (non-hydrogen) atoms. The fraction of sp³-hybridized carbons (Fsp3) is 0.273. The van der Waals surface area contributed by atoms with E-state index in [1.807, 2.05) is 0 Å². The van der Waals surface area contributed by atoms with Gasteiger partial charge in [-0.2, -0.15) is 0 Å². The van der Waals surface area contributed by atoms with Crippen molar-refractivity contribution in [1.82, 2.24) is 0 Å². The van der Waals surface area contributed by atoms with Gasteiger partial charge >= 0.3 is 5.97 Å². The molecule has 4 heteroatoms. The smallest absolute Gasteiger partial charge is 0.307 e. The minimum Gasteiger partial charge on any atom is -0.481 e. The van der Waals surface area contributed by atoms with Gasteiger partial charge in [0.15, 0.2) is 0 Å². The van der Waals surface area contributed by atoms with Gasteiger partial charge in [0.1, 0.15) is 0 Å². The molecule has 0 spiro atoms. The molecule has 0 aliphatic heterocycles. The fourth-order valence-corrected chi connectivity index (χ4v) is 1.20. The molecular formula is C11H13NO3. The predicted molar refractivity (Wildman–Crippen MR) is 56.7 cm³/mol. The molecule has 0 saturated heterocycles. The van der Waals surface area contributed by atoms with E-state index in [1.54, 1.807) is 31.2 Å². The number of hydrogen-bond acceptors (Lipinski definition) is 2. The Kier molecular flexibility index (Phi) is 3.85. The Hall–Kier alpha value is -1.84. The van der Waals surface area contributed by atoms with E-state index in [9.17, 15) is 9.59 Å². The Bertz CT molecular complexity index is 374. The molecular weight excluding hydrogens is 194 g/mol. The van der Waals surface area contributed by atoms with Crippen LogP contribution < -0.4 is 5.32 Å². The Morgan fingerprint density at radius 1 is 1.33 bits per heavy atom. The fourth-order valence-electron chi connectivity index (χ4n) is 1.20. The van der Waals surface area contributed by atoms with Crippen molar-refractivity contribution in [2.75, 3.05) is 5.32 Å². The number of rotatable bonds is 4. The molecule has 0 aromatic heterocycles. The van der Waals surface area contributed by atoms with Crippen LogP contribution in [0.4, 0.5) is 5.69 Å². The van der Waals surface area contributed by atoms with Gasteiger partial charge in [-0.05, 0) is 11.6 Å². The summed E-state index contributed by atoms with van der Waals surface area (Å²) in [7, 11) is 0. The molecule has 1 amide bonds. The number of anilines is 1. The van der Waals surface area contributed by atoms with Gasteiger partial charge in [0.25, 0.3) is 0 Å². The highest BCUT2D eigenvalue weighted by atomic mass is 16.4. The standard InChI is InChI=1S/C11H13NO3/c1-2-10(13)12-9-6-4-3-5-8(9)7-11(14)15/h3-6H,2,7H2,1H3,(H,12,13)(H,14,15). The van der Waals surface area contributed by atoms with Crippen molar-refractivity contribution in [2.24, 2.45) is 0 Å². The molecule has 1 aromatic rings. The second-order valence-electron chi connectivity index (χ2n) is 3.13. The molecule has 0 aliphatic rings. The van der Waals surface area contributed by atoms with Gasteiger partial charge < -0.3 is 10.4 Å². The van der Waals surface area contributed by atoms with Gasteiger partial charge in [0, 0.05) is 12.1 Å². The first-order valence-electron chi connectivity index (χ1n) is 4.73. The van der Waals surface area contributed by atoms with Crippen LogP contribution in [0, 0.1) is 0 Å². The van der Waals surface area contributed by atoms with E-state index in [4.69, 9.17) is 5.11 Å². The van der Waals surface area contributed by atoms with Crippen molar-refractivity contribution in [3.63, 3.8) is 0 Å². The van der Waals surface area contributed by atoms with E-state index >= 15 is 0 Å². The monoisotopic (exact) mass is 207 g/mol. The highest BCUT2D eigenvalue weighted by molar-refractivity contribution is 5.92. The Labute approximate surface area is 87.9 Å². The molecule has 0 saturated carbocycles. The molecule has 0 aliphatic carbocycles. The summed E-state index contributed by atoms with van der Waals surface area (Å²) in [5, 5.41) is 11.3. The number of benzene rings is 1. The number of nitrogens with one attached hydrogen (secondary N) is 1. The zero-order valence-electron chi connectivity index (χ0n) is 8.49. The lowest BCUT2D eigenvalue weighted by Crippen LogP contribution is -2.12. The normalized spacial score (nSPS) is 9.67. The first-order valence-corrected chi connectivity index (χ1v) is 4.73. The van der Waals surface area contributed by atoms with Crippen LogP contribution in [-0.4, -0.2) is 17.0 Å². The maximum Gasteiger partial charge on any atom is 0.307 e. The van der Waals surface area contributed by atoms with Crippen molar-refractivity contribution in [1.29, 1.82) is 0 Å². The van der Waals surface area contributed by atoms with Crippen LogP contribution in [0.25, 0.3) is 0 Å². The third kappa shape index (κ3) is 3.42. The highest BCUT2D eigenvalue weighted by Crippen LogP contribution is 2.15. The zero-order chi connectivity index (χ0) is 11.3. The lowest BCUT2D eigenvalue weighted by atomic mass is 10.1. The molecule has 1 rings (SSSR count). The van der Waals surface area contributed by atoms with E-state index < -0.39 is 5.97 Å². The number of amides is 1. The SMILES string of the molecule is CCC(=O)Nc1ccccc1CC(=O)O. The summed E-state index contributed by atoms with van der Waals surface area (Å²) in [4.78, 5) is 21.7. The van der Waals surface area contributed by atoms with E-state index in [-0.39, 0.29) is 12.3 Å². The third-order valence-electron chi connectivity index (χ3n) is 1.95. The number of hydrogen-bond donors (Lipinski definition) is 2. The van der Waals surface area contributed by atoms with E-state index in [1.165, 1.54) is 0 Å². The summed E-state index contributed by atoms with van der Waals surface area (Å²) in [6.07, 6.45) is 0.293. The number of para-hydroxylation sites is 1. The average Bonchev–Trinajstić information content (AvgIpc) is 2.20. The summed E-state index contributed by atoms with van der Waals surface area (Å²) in [5.41, 5.74) is 1.19. The van der Waals surface area contributed by atoms with Crippen molar-refractivity contribution < 1.29 is 14.7 Å². The molecule has 80 valence electrons. The summed E-state index contributed by atoms with van der Waals surface area (Å²) in [6, 6.07) is 6.90. The maximum absolute atomic E-state index is 11.2. The number of carboxylic acids is 1. The topological polar surface area (TPSA) is 66.4 Å². The van der Waals surface area contributed by atoms with E-state index in [0.29, 0.717) is 17.7 Å². The maximum atomic E-state index is 11.2. The second-order valence-corrected chi connectivity index (χ2v) is 3.13. The Morgan fingerprint density at radius 3 is 2.60 bits per heavy atom. The first-order chi connectivity index (χ1) is 7.13. The van der Waals surface area contributed by atoms with Gasteiger partial charge in [-0.1, -0.05) is 25.1 Å². The second kappa shape index (κ2) is 5.14. The molecule has 2 N–H and O–H groups in total. The molecule has 1 aromatic carbocycles. The molecule has 0 atom stereocenters. The van der Waals surface area contributed by atoms with Crippen molar-refractivity contribution >= 4 is 17.6 Å². The molecule has 4 nitrogen and oxygen atoms in total. The summed E-state index contributed by atoms with van der Waals surface area (Å²) in [5.74, 6) is -1.03. The van der Waals surface area contributed by atoms with Crippen LogP contribution in [0.5, 0.6) is 0 Å². The molecule has 0 unspecified atom stereocenters. The van der Waals surface area contributed by atoms with Crippen LogP contribution in [0.1, 0.15) is 18.9 Å². The van der Waals surface area contributed by atoms with Crippen molar-refractivity contribution in [2.45, 2.75) is 19.8 Å². The quantitative estimate of drug-likeness (QED) is 0.789. The van der Waals surface area contributed by atoms with Crippen LogP contribution in [0.3, 0.4) is 0 Å². The molecule has 0 radical (unpaired) electrons. The largest absolute Gasteiger partial charge is 0.481 e. The van der Waals surface area contributed by atoms with E-state index in [0.717, 1.165) is 0 Å². The highest BCUT2D eigenvalue weighted by Gasteiger charge is 2.07. The summed E-state index contributed by atoms with van der Waals surface area (Å²) >= 11 is 0. The summed E-state index contributed by atoms with van der Waals surface area (Å²) < 4.78 is 0. The zero-order valence-corrected chi connectivity index (χ0v) is 8.49. The molecule has 0 bridgehead atoms. The number of carboxylic acid groups (broad SMARTS) is 1. The van der Waals surface area contributed by atoms with Gasteiger partial charge in [0.2, 0.25) is 5.91 Å². The molecule has 0 heterocycles. The minimum atomic E-state index is -0.909. The van der Waals surface area contributed by atoms with Gasteiger partial charge in [0.05, 0.1) is 6.42 Å². The Morgan fingerprint density at radius 2 is 2.00 bits per heavy atom. The van der Waals surface area contributed by atoms with Crippen LogP contribution in [0.2, 0.25) is 0 Å². The van der Waals surface area contributed by atoms with Crippen LogP contribution in [-0.2, 0) is 16.0 Å². The van der Waals surface area contributed by atoms with Gasteiger partial charge in [-0.3, -0.25) is 9.59 Å². The first kappa shape index (κ1) is 11.2. The van der Waals surface area contributed by atoms with Gasteiger partial charge in [-0.15, -0.1) is 0 Å². The summed E-state index contributed by atoms with van der Waals surface area (Å²) in [6.45, 7) is 1.75.